The molecule has 1 aliphatic heterocycles. The van der Waals surface area contributed by atoms with Gasteiger partial charge in [0.05, 0.1) is 27.8 Å². The molecule has 1 aliphatic rings. The van der Waals surface area contributed by atoms with E-state index in [4.69, 9.17) is 10.00 Å². The van der Waals surface area contributed by atoms with Gasteiger partial charge < -0.3 is 14.5 Å². The second-order valence-corrected chi connectivity index (χ2v) is 9.21. The Balaban J connectivity index is 1.82. The standard InChI is InChI=1S/C21H20F4N4O4S/c1-27-34(31,32)15-3-5-19(33-13-21(23,24)25)16(11-15)20(30)29-8-6-28(7-9-29)18-4-2-14(12-26)10-17(18)22/h2-5,10-11,27H,6-9,13H2,1H3. The predicted molar refractivity (Wildman–Crippen MR) is 113 cm³/mol. The average Bonchev–Trinajstić information content (AvgIpc) is 2.81. The molecule has 0 aliphatic carbocycles. The van der Waals surface area contributed by atoms with Gasteiger partial charge in [0.1, 0.15) is 11.6 Å². The lowest BCUT2D eigenvalue weighted by Gasteiger charge is -2.36. The van der Waals surface area contributed by atoms with Gasteiger partial charge in [-0.2, -0.15) is 18.4 Å². The van der Waals surface area contributed by atoms with Crippen LogP contribution in [-0.2, 0) is 10.0 Å². The van der Waals surface area contributed by atoms with Gasteiger partial charge in [-0.1, -0.05) is 0 Å². The fourth-order valence-corrected chi connectivity index (χ4v) is 4.16. The third-order valence-electron chi connectivity index (χ3n) is 5.14. The Bertz CT molecular complexity index is 1220. The smallest absolute Gasteiger partial charge is 0.422 e. The summed E-state index contributed by atoms with van der Waals surface area (Å²) in [6.45, 7) is -1.04. The number of rotatable bonds is 6. The van der Waals surface area contributed by atoms with Crippen LogP contribution in [0.25, 0.3) is 0 Å². The Morgan fingerprint density at radius 1 is 1.15 bits per heavy atom. The molecule has 0 spiro atoms. The Hall–Kier alpha value is -3.37. The highest BCUT2D eigenvalue weighted by Gasteiger charge is 2.31. The molecule has 0 radical (unpaired) electrons. The lowest BCUT2D eigenvalue weighted by Crippen LogP contribution is -2.49. The van der Waals surface area contributed by atoms with Crippen molar-refractivity contribution in [1.82, 2.24) is 9.62 Å². The van der Waals surface area contributed by atoms with Crippen LogP contribution < -0.4 is 14.4 Å². The normalized spacial score (nSPS) is 14.6. The molecule has 0 bridgehead atoms. The van der Waals surface area contributed by atoms with Crippen LogP contribution in [0.1, 0.15) is 15.9 Å². The van der Waals surface area contributed by atoms with Gasteiger partial charge in [0.15, 0.2) is 6.61 Å². The molecule has 0 saturated carbocycles. The second kappa shape index (κ2) is 9.86. The quantitative estimate of drug-likeness (QED) is 0.612. The van der Waals surface area contributed by atoms with Crippen molar-refractivity contribution in [2.24, 2.45) is 0 Å². The highest BCUT2D eigenvalue weighted by Crippen LogP contribution is 2.28. The minimum Gasteiger partial charge on any atom is -0.483 e. The number of sulfonamides is 1. The molecule has 1 fully saturated rings. The minimum absolute atomic E-state index is 0.0972. The van der Waals surface area contributed by atoms with Gasteiger partial charge in [-0.3, -0.25) is 4.79 Å². The molecule has 34 heavy (non-hydrogen) atoms. The fraction of sp³-hybridized carbons (Fsp3) is 0.333. The van der Waals surface area contributed by atoms with E-state index in [9.17, 15) is 30.8 Å². The van der Waals surface area contributed by atoms with Crippen LogP contribution in [0.15, 0.2) is 41.3 Å². The molecule has 1 saturated heterocycles. The molecule has 13 heteroatoms. The van der Waals surface area contributed by atoms with Gasteiger partial charge in [-0.05, 0) is 43.4 Å². The van der Waals surface area contributed by atoms with Crippen molar-refractivity contribution in [3.05, 3.63) is 53.3 Å². The zero-order chi connectivity index (χ0) is 25.1. The van der Waals surface area contributed by atoms with E-state index in [1.807, 2.05) is 6.07 Å². The first-order valence-electron chi connectivity index (χ1n) is 9.96. The first-order valence-corrected chi connectivity index (χ1v) is 11.4. The van der Waals surface area contributed by atoms with Crippen LogP contribution in [0.3, 0.4) is 0 Å². The van der Waals surface area contributed by atoms with Crippen LogP contribution in [0, 0.1) is 17.1 Å². The van der Waals surface area contributed by atoms with Crippen molar-refractivity contribution in [2.45, 2.75) is 11.1 Å². The molecule has 8 nitrogen and oxygen atoms in total. The number of halogens is 4. The molecule has 0 aromatic heterocycles. The minimum atomic E-state index is -4.66. The van der Waals surface area contributed by atoms with Crippen molar-refractivity contribution in [1.29, 1.82) is 5.26 Å². The van der Waals surface area contributed by atoms with Gasteiger partial charge in [-0.25, -0.2) is 17.5 Å². The molecular formula is C21H20F4N4O4S. The number of nitriles is 1. The summed E-state index contributed by atoms with van der Waals surface area (Å²) in [7, 11) is -2.81. The van der Waals surface area contributed by atoms with E-state index in [2.05, 4.69) is 4.72 Å². The Kier molecular flexibility index (Phi) is 7.32. The highest BCUT2D eigenvalue weighted by molar-refractivity contribution is 7.89. The zero-order valence-corrected chi connectivity index (χ0v) is 18.7. The summed E-state index contributed by atoms with van der Waals surface area (Å²) in [5.41, 5.74) is 0.0823. The Morgan fingerprint density at radius 3 is 2.38 bits per heavy atom. The van der Waals surface area contributed by atoms with Gasteiger partial charge in [0.2, 0.25) is 10.0 Å². The number of benzene rings is 2. The maximum atomic E-state index is 14.3. The van der Waals surface area contributed by atoms with Crippen LogP contribution in [0.2, 0.25) is 0 Å². The van der Waals surface area contributed by atoms with Crippen LogP contribution >= 0.6 is 0 Å². The average molecular weight is 500 g/mol. The first-order chi connectivity index (χ1) is 15.9. The van der Waals surface area contributed by atoms with E-state index >= 15 is 0 Å². The summed E-state index contributed by atoms with van der Waals surface area (Å²) >= 11 is 0. The van der Waals surface area contributed by atoms with Crippen molar-refractivity contribution >= 4 is 21.6 Å². The number of hydrogen-bond donors (Lipinski definition) is 1. The van der Waals surface area contributed by atoms with E-state index in [1.54, 1.807) is 4.90 Å². The van der Waals surface area contributed by atoms with Crippen molar-refractivity contribution < 1.29 is 35.5 Å². The molecule has 0 unspecified atom stereocenters. The molecule has 2 aromatic rings. The zero-order valence-electron chi connectivity index (χ0n) is 17.9. The van der Waals surface area contributed by atoms with Crippen LogP contribution in [0.4, 0.5) is 23.2 Å². The largest absolute Gasteiger partial charge is 0.483 e. The number of carbonyl (C=O) groups is 1. The van der Waals surface area contributed by atoms with Crippen LogP contribution in [-0.4, -0.2) is 65.2 Å². The molecule has 182 valence electrons. The number of amides is 1. The van der Waals surface area contributed by atoms with E-state index in [-0.39, 0.29) is 47.9 Å². The van der Waals surface area contributed by atoms with E-state index < -0.39 is 40.3 Å². The predicted octanol–water partition coefficient (Wildman–Crippen LogP) is 2.51. The summed E-state index contributed by atoms with van der Waals surface area (Å²) in [6.07, 6.45) is -4.66. The summed E-state index contributed by atoms with van der Waals surface area (Å²) < 4.78 is 83.4. The molecule has 1 amide bonds. The number of anilines is 1. The molecule has 3 rings (SSSR count). The molecule has 1 heterocycles. The van der Waals surface area contributed by atoms with Gasteiger partial charge in [-0.15, -0.1) is 0 Å². The summed E-state index contributed by atoms with van der Waals surface area (Å²) in [4.78, 5) is 15.8. The highest BCUT2D eigenvalue weighted by atomic mass is 32.2. The summed E-state index contributed by atoms with van der Waals surface area (Å²) in [5, 5.41) is 8.87. The van der Waals surface area contributed by atoms with Gasteiger partial charge >= 0.3 is 6.18 Å². The number of alkyl halides is 3. The van der Waals surface area contributed by atoms with Crippen molar-refractivity contribution in [3.63, 3.8) is 0 Å². The number of ether oxygens (including phenoxy) is 1. The van der Waals surface area contributed by atoms with Gasteiger partial charge in [0, 0.05) is 26.2 Å². The van der Waals surface area contributed by atoms with Crippen molar-refractivity contribution in [3.8, 4) is 11.8 Å². The summed E-state index contributed by atoms with van der Waals surface area (Å²) in [6, 6.07) is 8.88. The Labute approximate surface area is 193 Å². The van der Waals surface area contributed by atoms with Crippen LogP contribution in [0.5, 0.6) is 5.75 Å². The second-order valence-electron chi connectivity index (χ2n) is 7.33. The summed E-state index contributed by atoms with van der Waals surface area (Å²) in [5.74, 6) is -1.71. The molecular weight excluding hydrogens is 480 g/mol. The number of carbonyl (C=O) groups excluding carboxylic acids is 1. The molecule has 0 atom stereocenters. The Morgan fingerprint density at radius 2 is 1.82 bits per heavy atom. The number of piperazine rings is 1. The SMILES string of the molecule is CNS(=O)(=O)c1ccc(OCC(F)(F)F)c(C(=O)N2CCN(c3ccc(C#N)cc3F)CC2)c1. The van der Waals surface area contributed by atoms with E-state index in [0.29, 0.717) is 0 Å². The third-order valence-corrected chi connectivity index (χ3v) is 6.55. The topological polar surface area (TPSA) is 103 Å². The monoisotopic (exact) mass is 500 g/mol. The third kappa shape index (κ3) is 5.75. The van der Waals surface area contributed by atoms with Gasteiger partial charge in [0.25, 0.3) is 5.91 Å². The number of nitrogens with zero attached hydrogens (tertiary/aromatic N) is 3. The van der Waals surface area contributed by atoms with Crippen molar-refractivity contribution in [2.75, 3.05) is 44.7 Å². The first kappa shape index (κ1) is 25.3. The fourth-order valence-electron chi connectivity index (χ4n) is 3.40. The van der Waals surface area contributed by atoms with E-state index in [0.717, 1.165) is 31.3 Å². The number of hydrogen-bond acceptors (Lipinski definition) is 6. The lowest BCUT2D eigenvalue weighted by atomic mass is 10.1. The molecule has 1 N–H and O–H groups in total. The lowest BCUT2D eigenvalue weighted by molar-refractivity contribution is -0.153. The molecule has 2 aromatic carbocycles. The number of nitrogens with one attached hydrogen (secondary N) is 1. The maximum absolute atomic E-state index is 14.3. The maximum Gasteiger partial charge on any atom is 0.422 e. The van der Waals surface area contributed by atoms with E-state index in [1.165, 1.54) is 17.0 Å².